The Balaban J connectivity index is 1.56. The number of nitrogens with one attached hydrogen (secondary N) is 1. The van der Waals surface area contributed by atoms with E-state index in [0.717, 1.165) is 12.8 Å². The monoisotopic (exact) mass is 408 g/mol. The Hall–Kier alpha value is -3.13. The quantitative estimate of drug-likeness (QED) is 0.482. The van der Waals surface area contributed by atoms with Crippen molar-refractivity contribution in [3.63, 3.8) is 0 Å². The SMILES string of the molecule is C[C@@H](Sc1nc2ccccc2c(=O)n1C1CC1)C(=O)Nc1ccc(C(N)=O)cc1. The molecule has 148 valence electrons. The minimum Gasteiger partial charge on any atom is -0.366 e. The van der Waals surface area contributed by atoms with E-state index < -0.39 is 11.2 Å². The Morgan fingerprint density at radius 1 is 1.17 bits per heavy atom. The van der Waals surface area contributed by atoms with E-state index in [1.54, 1.807) is 41.8 Å². The summed E-state index contributed by atoms with van der Waals surface area (Å²) in [6.45, 7) is 1.77. The summed E-state index contributed by atoms with van der Waals surface area (Å²) in [6.07, 6.45) is 1.89. The normalized spacial score (nSPS) is 14.5. The maximum Gasteiger partial charge on any atom is 0.262 e. The van der Waals surface area contributed by atoms with Crippen LogP contribution in [0.4, 0.5) is 5.69 Å². The molecule has 3 N–H and O–H groups in total. The van der Waals surface area contributed by atoms with E-state index in [1.165, 1.54) is 11.8 Å². The largest absolute Gasteiger partial charge is 0.366 e. The van der Waals surface area contributed by atoms with Gasteiger partial charge in [0.1, 0.15) is 0 Å². The second-order valence-electron chi connectivity index (χ2n) is 7.01. The molecule has 8 heteroatoms. The number of primary amides is 1. The number of nitrogens with zero attached hydrogens (tertiary/aromatic N) is 2. The Morgan fingerprint density at radius 3 is 2.52 bits per heavy atom. The summed E-state index contributed by atoms with van der Waals surface area (Å²) >= 11 is 1.27. The molecule has 1 atom stereocenters. The van der Waals surface area contributed by atoms with Gasteiger partial charge >= 0.3 is 0 Å². The van der Waals surface area contributed by atoms with Gasteiger partial charge in [-0.25, -0.2) is 4.98 Å². The molecule has 0 radical (unpaired) electrons. The smallest absolute Gasteiger partial charge is 0.262 e. The van der Waals surface area contributed by atoms with E-state index in [2.05, 4.69) is 10.3 Å². The highest BCUT2D eigenvalue weighted by atomic mass is 32.2. The number of amides is 2. The molecule has 7 nitrogen and oxygen atoms in total. The highest BCUT2D eigenvalue weighted by molar-refractivity contribution is 8.00. The summed E-state index contributed by atoms with van der Waals surface area (Å²) in [7, 11) is 0. The van der Waals surface area contributed by atoms with Crippen LogP contribution in [0, 0.1) is 0 Å². The topological polar surface area (TPSA) is 107 Å². The zero-order valence-electron chi connectivity index (χ0n) is 15.8. The van der Waals surface area contributed by atoms with Crippen molar-refractivity contribution < 1.29 is 9.59 Å². The Bertz CT molecular complexity index is 1150. The van der Waals surface area contributed by atoms with E-state index >= 15 is 0 Å². The van der Waals surface area contributed by atoms with Crippen LogP contribution in [-0.4, -0.2) is 26.6 Å². The van der Waals surface area contributed by atoms with Gasteiger partial charge in [0, 0.05) is 17.3 Å². The van der Waals surface area contributed by atoms with Crippen molar-refractivity contribution in [3.8, 4) is 0 Å². The Morgan fingerprint density at radius 2 is 1.86 bits per heavy atom. The number of thioether (sulfide) groups is 1. The maximum atomic E-state index is 12.9. The predicted molar refractivity (Wildman–Crippen MR) is 113 cm³/mol. The lowest BCUT2D eigenvalue weighted by Crippen LogP contribution is -2.26. The number of rotatable bonds is 6. The number of para-hydroxylation sites is 1. The zero-order valence-corrected chi connectivity index (χ0v) is 16.6. The van der Waals surface area contributed by atoms with Gasteiger partial charge in [-0.3, -0.25) is 19.0 Å². The molecule has 1 aliphatic carbocycles. The third-order valence-electron chi connectivity index (χ3n) is 4.78. The van der Waals surface area contributed by atoms with E-state index in [0.29, 0.717) is 27.3 Å². The third kappa shape index (κ3) is 4.02. The molecule has 1 heterocycles. The molecule has 2 aromatic carbocycles. The number of fused-ring (bicyclic) bond motifs is 1. The molecule has 3 aromatic rings. The molecule has 0 spiro atoms. The summed E-state index contributed by atoms with van der Waals surface area (Å²) in [5, 5.41) is 3.50. The lowest BCUT2D eigenvalue weighted by Gasteiger charge is -2.16. The number of carbonyl (C=O) groups excluding carboxylic acids is 2. The molecule has 1 saturated carbocycles. The number of aromatic nitrogens is 2. The Kier molecular flexibility index (Phi) is 5.10. The summed E-state index contributed by atoms with van der Waals surface area (Å²) in [5.41, 5.74) is 6.74. The van der Waals surface area contributed by atoms with Gasteiger partial charge in [-0.05, 0) is 56.2 Å². The molecule has 29 heavy (non-hydrogen) atoms. The molecule has 1 aliphatic rings. The number of anilines is 1. The summed E-state index contributed by atoms with van der Waals surface area (Å²) in [4.78, 5) is 41.4. The van der Waals surface area contributed by atoms with Crippen LogP contribution < -0.4 is 16.6 Å². The van der Waals surface area contributed by atoms with E-state index in [1.807, 2.05) is 18.2 Å². The zero-order chi connectivity index (χ0) is 20.5. The molecule has 1 aromatic heterocycles. The van der Waals surface area contributed by atoms with Gasteiger partial charge in [0.2, 0.25) is 11.8 Å². The average molecular weight is 408 g/mol. The second-order valence-corrected chi connectivity index (χ2v) is 8.32. The number of hydrogen-bond acceptors (Lipinski definition) is 5. The van der Waals surface area contributed by atoms with Crippen molar-refractivity contribution in [1.82, 2.24) is 9.55 Å². The molecule has 0 bridgehead atoms. The standard InChI is InChI=1S/C21H20N4O3S/c1-12(19(27)23-14-8-6-13(7-9-14)18(22)26)29-21-24-17-5-3-2-4-16(17)20(28)25(21)15-10-11-15/h2-9,12,15H,10-11H2,1H3,(H2,22,26)(H,23,27)/t12-/m1/s1. The van der Waals surface area contributed by atoms with Crippen molar-refractivity contribution in [3.05, 3.63) is 64.4 Å². The first-order chi connectivity index (χ1) is 13.9. The minimum atomic E-state index is -0.521. The lowest BCUT2D eigenvalue weighted by atomic mass is 10.2. The van der Waals surface area contributed by atoms with Crippen LogP contribution in [0.3, 0.4) is 0 Å². The van der Waals surface area contributed by atoms with E-state index in [4.69, 9.17) is 5.73 Å². The van der Waals surface area contributed by atoms with Gasteiger partial charge in [0.15, 0.2) is 5.16 Å². The molecule has 0 saturated heterocycles. The summed E-state index contributed by atoms with van der Waals surface area (Å²) in [5.74, 6) is -0.737. The predicted octanol–water partition coefficient (Wildman–Crippen LogP) is 2.95. The first-order valence-electron chi connectivity index (χ1n) is 9.32. The fraction of sp³-hybridized carbons (Fsp3) is 0.238. The van der Waals surface area contributed by atoms with Crippen LogP contribution in [0.5, 0.6) is 0 Å². The highest BCUT2D eigenvalue weighted by Gasteiger charge is 2.30. The van der Waals surface area contributed by atoms with E-state index in [-0.39, 0.29) is 17.5 Å². The molecule has 1 fully saturated rings. The fourth-order valence-corrected chi connectivity index (χ4v) is 4.02. The molecule has 4 rings (SSSR count). The molecule has 0 aliphatic heterocycles. The van der Waals surface area contributed by atoms with Gasteiger partial charge < -0.3 is 11.1 Å². The van der Waals surface area contributed by atoms with E-state index in [9.17, 15) is 14.4 Å². The van der Waals surface area contributed by atoms with Gasteiger partial charge in [-0.2, -0.15) is 0 Å². The second kappa shape index (κ2) is 7.71. The van der Waals surface area contributed by atoms with Crippen molar-refractivity contribution >= 4 is 40.2 Å². The van der Waals surface area contributed by atoms with Crippen molar-refractivity contribution in [2.75, 3.05) is 5.32 Å². The van der Waals surface area contributed by atoms with Gasteiger partial charge in [-0.15, -0.1) is 0 Å². The van der Waals surface area contributed by atoms with Crippen molar-refractivity contribution in [2.45, 2.75) is 36.2 Å². The molecule has 2 amide bonds. The van der Waals surface area contributed by atoms with Crippen molar-refractivity contribution in [1.29, 1.82) is 0 Å². The number of carbonyl (C=O) groups is 2. The van der Waals surface area contributed by atoms with Crippen molar-refractivity contribution in [2.24, 2.45) is 5.73 Å². The molecular formula is C21H20N4O3S. The maximum absolute atomic E-state index is 12.9. The van der Waals surface area contributed by atoms with Crippen LogP contribution >= 0.6 is 11.8 Å². The minimum absolute atomic E-state index is 0.0600. The highest BCUT2D eigenvalue weighted by Crippen LogP contribution is 2.37. The van der Waals surface area contributed by atoms with Crippen LogP contribution in [0.15, 0.2) is 58.5 Å². The third-order valence-corrected chi connectivity index (χ3v) is 5.84. The fourth-order valence-electron chi connectivity index (χ4n) is 3.04. The Labute approximate surface area is 171 Å². The molecular weight excluding hydrogens is 388 g/mol. The number of nitrogens with two attached hydrogens (primary N) is 1. The number of hydrogen-bond donors (Lipinski definition) is 2. The van der Waals surface area contributed by atoms with Gasteiger partial charge in [0.25, 0.3) is 5.56 Å². The van der Waals surface area contributed by atoms with Crippen LogP contribution in [0.1, 0.15) is 36.2 Å². The van der Waals surface area contributed by atoms with Crippen LogP contribution in [-0.2, 0) is 4.79 Å². The average Bonchev–Trinajstić information content (AvgIpc) is 3.53. The first kappa shape index (κ1) is 19.2. The molecule has 0 unspecified atom stereocenters. The lowest BCUT2D eigenvalue weighted by molar-refractivity contribution is -0.115. The van der Waals surface area contributed by atoms with Gasteiger partial charge in [-0.1, -0.05) is 23.9 Å². The first-order valence-corrected chi connectivity index (χ1v) is 10.2. The van der Waals surface area contributed by atoms with Gasteiger partial charge in [0.05, 0.1) is 16.2 Å². The van der Waals surface area contributed by atoms with Crippen LogP contribution in [0.2, 0.25) is 0 Å². The summed E-state index contributed by atoms with van der Waals surface area (Å²) in [6, 6.07) is 13.8. The summed E-state index contributed by atoms with van der Waals surface area (Å²) < 4.78 is 1.72. The number of benzene rings is 2. The van der Waals surface area contributed by atoms with Crippen LogP contribution in [0.25, 0.3) is 10.9 Å².